The Kier molecular flexibility index (Phi) is 5.60. The van der Waals surface area contributed by atoms with Gasteiger partial charge >= 0.3 is 0 Å². The first-order valence-corrected chi connectivity index (χ1v) is 11.2. The summed E-state index contributed by atoms with van der Waals surface area (Å²) < 4.78 is 15.6. The number of nitrogens with two attached hydrogens (primary N) is 1. The molecule has 0 saturated carbocycles. The van der Waals surface area contributed by atoms with Crippen molar-refractivity contribution in [2.75, 3.05) is 10.7 Å². The van der Waals surface area contributed by atoms with E-state index in [1.165, 1.54) is 57.0 Å². The van der Waals surface area contributed by atoms with Gasteiger partial charge in [0, 0.05) is 18.1 Å². The fourth-order valence-electron chi connectivity index (χ4n) is 2.59. The van der Waals surface area contributed by atoms with Gasteiger partial charge < -0.3 is 5.84 Å². The molecule has 0 atom stereocenters. The van der Waals surface area contributed by atoms with Gasteiger partial charge in [-0.15, -0.1) is 32.9 Å². The van der Waals surface area contributed by atoms with Crippen molar-refractivity contribution in [2.45, 2.75) is 17.8 Å². The van der Waals surface area contributed by atoms with Crippen LogP contribution in [-0.2, 0) is 10.5 Å². The Bertz CT molecular complexity index is 1140. The minimum atomic E-state index is -0.480. The molecule has 0 aliphatic heterocycles. The molecule has 11 heteroatoms. The quantitative estimate of drug-likeness (QED) is 0.351. The molecule has 0 unspecified atom stereocenters. The molecule has 7 nitrogen and oxygen atoms in total. The van der Waals surface area contributed by atoms with E-state index in [0.717, 1.165) is 10.6 Å². The Morgan fingerprint density at radius 3 is 2.79 bits per heavy atom. The molecule has 1 aromatic carbocycles. The Balaban J connectivity index is 1.51. The molecule has 0 radical (unpaired) electrons. The number of nitrogens with zero attached hydrogens (tertiary/aromatic N) is 5. The molecule has 1 amide bonds. The summed E-state index contributed by atoms with van der Waals surface area (Å²) in [6, 6.07) is 9.98. The topological polar surface area (TPSA) is 89.9 Å². The average Bonchev–Trinajstić information content (AvgIpc) is 3.43. The molecule has 0 aliphatic rings. The number of rotatable bonds is 6. The Morgan fingerprint density at radius 2 is 2.07 bits per heavy atom. The van der Waals surface area contributed by atoms with Crippen molar-refractivity contribution in [2.24, 2.45) is 0 Å². The third-order valence-electron chi connectivity index (χ3n) is 3.89. The molecule has 0 spiro atoms. The Labute approximate surface area is 178 Å². The van der Waals surface area contributed by atoms with Gasteiger partial charge in [-0.3, -0.25) is 9.69 Å². The van der Waals surface area contributed by atoms with Gasteiger partial charge in [-0.2, -0.15) is 0 Å². The van der Waals surface area contributed by atoms with E-state index in [2.05, 4.69) is 15.2 Å². The number of nitrogen functional groups attached to an aromatic ring is 1. The number of carbonyl (C=O) groups is 1. The number of anilines is 2. The summed E-state index contributed by atoms with van der Waals surface area (Å²) in [6.45, 7) is 1.38. The van der Waals surface area contributed by atoms with Crippen molar-refractivity contribution >= 4 is 51.2 Å². The van der Waals surface area contributed by atoms with Crippen LogP contribution in [0.4, 0.5) is 15.2 Å². The summed E-state index contributed by atoms with van der Waals surface area (Å²) in [5, 5.41) is 13.0. The van der Waals surface area contributed by atoms with Gasteiger partial charge in [-0.05, 0) is 23.6 Å². The molecule has 0 aliphatic carbocycles. The third kappa shape index (κ3) is 4.02. The highest BCUT2D eigenvalue weighted by Crippen LogP contribution is 2.32. The summed E-state index contributed by atoms with van der Waals surface area (Å²) in [7, 11) is 0. The van der Waals surface area contributed by atoms with E-state index in [1.807, 2.05) is 22.9 Å². The summed E-state index contributed by atoms with van der Waals surface area (Å²) in [4.78, 5) is 18.8. The number of thiazole rings is 1. The van der Waals surface area contributed by atoms with Gasteiger partial charge in [0.25, 0.3) is 0 Å². The number of para-hydroxylation sites is 1. The second-order valence-corrected chi connectivity index (χ2v) is 8.60. The lowest BCUT2D eigenvalue weighted by molar-refractivity contribution is -0.115. The summed E-state index contributed by atoms with van der Waals surface area (Å²) in [5.41, 5.74) is 0.911. The number of benzene rings is 1. The lowest BCUT2D eigenvalue weighted by atomic mass is 10.3. The Morgan fingerprint density at radius 1 is 1.24 bits per heavy atom. The molecular weight excluding hydrogens is 431 g/mol. The molecule has 0 fully saturated rings. The minimum absolute atomic E-state index is 0.177. The first kappa shape index (κ1) is 19.6. The zero-order valence-electron chi connectivity index (χ0n) is 15.2. The second kappa shape index (κ2) is 8.31. The van der Waals surface area contributed by atoms with E-state index in [-0.39, 0.29) is 11.6 Å². The molecule has 3 heterocycles. The van der Waals surface area contributed by atoms with Crippen LogP contribution in [0, 0.1) is 5.82 Å². The normalized spacial score (nSPS) is 11.0. The standard InChI is InChI=1S/C18H15FN6OS3/c1-11(26)24(14-6-3-2-5-13(14)19)17-21-12(9-28-17)10-29-18-23-22-16(25(18)20)15-7-4-8-27-15/h2-9H,10,20H2,1H3. The zero-order valence-corrected chi connectivity index (χ0v) is 17.6. The number of hydrogen-bond donors (Lipinski definition) is 1. The minimum Gasteiger partial charge on any atom is -0.335 e. The van der Waals surface area contributed by atoms with Crippen LogP contribution in [0.15, 0.2) is 52.3 Å². The summed E-state index contributed by atoms with van der Waals surface area (Å²) >= 11 is 4.19. The first-order chi connectivity index (χ1) is 14.0. The lowest BCUT2D eigenvalue weighted by Gasteiger charge is -2.18. The molecule has 29 heavy (non-hydrogen) atoms. The van der Waals surface area contributed by atoms with Gasteiger partial charge in [0.1, 0.15) is 5.82 Å². The van der Waals surface area contributed by atoms with Gasteiger partial charge in [0.2, 0.25) is 11.1 Å². The maximum absolute atomic E-state index is 14.2. The van der Waals surface area contributed by atoms with E-state index in [4.69, 9.17) is 5.84 Å². The van der Waals surface area contributed by atoms with Crippen LogP contribution in [0.5, 0.6) is 0 Å². The lowest BCUT2D eigenvalue weighted by Crippen LogP contribution is -2.23. The van der Waals surface area contributed by atoms with Crippen LogP contribution in [0.3, 0.4) is 0 Å². The molecule has 2 N–H and O–H groups in total. The summed E-state index contributed by atoms with van der Waals surface area (Å²) in [5.74, 6) is 6.40. The fourth-order valence-corrected chi connectivity index (χ4v) is 5.03. The van der Waals surface area contributed by atoms with Crippen LogP contribution in [0.2, 0.25) is 0 Å². The van der Waals surface area contributed by atoms with Crippen molar-refractivity contribution < 1.29 is 9.18 Å². The molecule has 4 aromatic rings. The molecule has 4 rings (SSSR count). The number of amides is 1. The van der Waals surface area contributed by atoms with Crippen molar-refractivity contribution in [1.29, 1.82) is 0 Å². The van der Waals surface area contributed by atoms with Crippen molar-refractivity contribution in [3.05, 3.63) is 58.7 Å². The van der Waals surface area contributed by atoms with Crippen LogP contribution < -0.4 is 10.7 Å². The highest BCUT2D eigenvalue weighted by atomic mass is 32.2. The van der Waals surface area contributed by atoms with Crippen LogP contribution in [0.1, 0.15) is 12.6 Å². The smallest absolute Gasteiger partial charge is 0.230 e. The molecule has 148 valence electrons. The largest absolute Gasteiger partial charge is 0.335 e. The van der Waals surface area contributed by atoms with E-state index in [9.17, 15) is 9.18 Å². The van der Waals surface area contributed by atoms with E-state index >= 15 is 0 Å². The first-order valence-electron chi connectivity index (χ1n) is 8.41. The highest BCUT2D eigenvalue weighted by Gasteiger charge is 2.21. The van der Waals surface area contributed by atoms with E-state index in [1.54, 1.807) is 18.2 Å². The highest BCUT2D eigenvalue weighted by molar-refractivity contribution is 7.98. The van der Waals surface area contributed by atoms with Crippen molar-refractivity contribution in [3.63, 3.8) is 0 Å². The molecular formula is C18H15FN6OS3. The third-order valence-corrected chi connectivity index (χ3v) is 6.61. The Hall–Kier alpha value is -2.76. The van der Waals surface area contributed by atoms with Gasteiger partial charge in [0.15, 0.2) is 11.0 Å². The average molecular weight is 447 g/mol. The van der Waals surface area contributed by atoms with Crippen molar-refractivity contribution in [1.82, 2.24) is 19.9 Å². The monoisotopic (exact) mass is 446 g/mol. The number of thiophene rings is 1. The maximum Gasteiger partial charge on any atom is 0.230 e. The number of aromatic nitrogens is 4. The van der Waals surface area contributed by atoms with Crippen LogP contribution in [-0.4, -0.2) is 25.8 Å². The molecule has 0 bridgehead atoms. The SMILES string of the molecule is CC(=O)N(c1nc(CSc2nnc(-c3cccs3)n2N)cs1)c1ccccc1F. The number of carbonyl (C=O) groups excluding carboxylic acids is 1. The van der Waals surface area contributed by atoms with Crippen LogP contribution >= 0.6 is 34.4 Å². The van der Waals surface area contributed by atoms with E-state index in [0.29, 0.717) is 21.9 Å². The number of halogens is 1. The number of thioether (sulfide) groups is 1. The van der Waals surface area contributed by atoms with Gasteiger partial charge in [-0.1, -0.05) is 30.0 Å². The van der Waals surface area contributed by atoms with E-state index < -0.39 is 5.82 Å². The summed E-state index contributed by atoms with van der Waals surface area (Å²) in [6.07, 6.45) is 0. The second-order valence-electron chi connectivity index (χ2n) is 5.87. The molecule has 0 saturated heterocycles. The van der Waals surface area contributed by atoms with Crippen LogP contribution in [0.25, 0.3) is 10.7 Å². The predicted octanol–water partition coefficient (Wildman–Crippen LogP) is 4.29. The number of hydrogen-bond acceptors (Lipinski definition) is 8. The zero-order chi connectivity index (χ0) is 20.4. The fraction of sp³-hybridized carbons (Fsp3) is 0.111. The van der Waals surface area contributed by atoms with Gasteiger partial charge in [0.05, 0.1) is 16.3 Å². The maximum atomic E-state index is 14.2. The van der Waals surface area contributed by atoms with Crippen molar-refractivity contribution in [3.8, 4) is 10.7 Å². The van der Waals surface area contributed by atoms with Gasteiger partial charge in [-0.25, -0.2) is 14.1 Å². The predicted molar refractivity (Wildman–Crippen MR) is 114 cm³/mol. The molecule has 3 aromatic heterocycles.